The smallest absolute Gasteiger partial charge is 0.276 e. The van der Waals surface area contributed by atoms with E-state index in [1.807, 2.05) is 18.2 Å². The fourth-order valence-corrected chi connectivity index (χ4v) is 4.56. The minimum absolute atomic E-state index is 0.00140. The molecule has 1 aliphatic rings. The number of nitrogens with zero attached hydrogens (tertiary/aromatic N) is 4. The molecule has 39 heavy (non-hydrogen) atoms. The number of fused-ring (bicyclic) bond motifs is 1. The molecule has 3 heterocycles. The first kappa shape index (κ1) is 25.6. The molecule has 11 heteroatoms. The van der Waals surface area contributed by atoms with E-state index >= 15 is 0 Å². The van der Waals surface area contributed by atoms with Crippen molar-refractivity contribution < 1.29 is 14.3 Å². The molecule has 4 aromatic rings. The summed E-state index contributed by atoms with van der Waals surface area (Å²) in [6.07, 6.45) is 1.76. The Hall–Kier alpha value is -5.06. The number of hydrogen-bond acceptors (Lipinski definition) is 9. The van der Waals surface area contributed by atoms with Gasteiger partial charge in [0.2, 0.25) is 0 Å². The van der Waals surface area contributed by atoms with Crippen LogP contribution in [-0.4, -0.2) is 66.2 Å². The van der Waals surface area contributed by atoms with Crippen LogP contribution in [0.4, 0.5) is 5.82 Å². The quantitative estimate of drug-likeness (QED) is 0.342. The predicted molar refractivity (Wildman–Crippen MR) is 149 cm³/mol. The van der Waals surface area contributed by atoms with Gasteiger partial charge in [0.15, 0.2) is 17.2 Å². The molecule has 200 valence electrons. The van der Waals surface area contributed by atoms with Crippen molar-refractivity contribution in [2.45, 2.75) is 0 Å². The zero-order valence-corrected chi connectivity index (χ0v) is 21.7. The molecule has 1 fully saturated rings. The van der Waals surface area contributed by atoms with Crippen molar-refractivity contribution in [2.75, 3.05) is 45.3 Å². The second-order valence-corrected chi connectivity index (χ2v) is 9.01. The topological polar surface area (TPSA) is 153 Å². The van der Waals surface area contributed by atoms with E-state index in [2.05, 4.69) is 19.9 Å². The van der Waals surface area contributed by atoms with E-state index in [0.29, 0.717) is 59.8 Å². The van der Waals surface area contributed by atoms with Gasteiger partial charge in [0.05, 0.1) is 36.6 Å². The van der Waals surface area contributed by atoms with Gasteiger partial charge in [0.25, 0.3) is 11.5 Å². The highest BCUT2D eigenvalue weighted by molar-refractivity contribution is 5.96. The summed E-state index contributed by atoms with van der Waals surface area (Å²) in [5.41, 5.74) is 14.2. The number of carbonyl (C=O) groups excluding carboxylic acids is 1. The predicted octanol–water partition coefficient (Wildman–Crippen LogP) is 2.04. The van der Waals surface area contributed by atoms with Crippen molar-refractivity contribution in [1.29, 1.82) is 0 Å². The monoisotopic (exact) mass is 527 g/mol. The number of nitrogens with one attached hydrogen (secondary N) is 1. The number of methoxy groups -OCH3 is 2. The number of carbonyl (C=O) groups is 1. The van der Waals surface area contributed by atoms with Crippen LogP contribution in [0, 0.1) is 0 Å². The number of piperazine rings is 1. The van der Waals surface area contributed by atoms with Crippen LogP contribution in [0.1, 0.15) is 21.6 Å². The second-order valence-electron chi connectivity index (χ2n) is 9.01. The van der Waals surface area contributed by atoms with E-state index in [-0.39, 0.29) is 23.0 Å². The third-order valence-electron chi connectivity index (χ3n) is 6.70. The molecule has 5 N–H and O–H groups in total. The second kappa shape index (κ2) is 10.7. The molecule has 0 radical (unpaired) electrons. The lowest BCUT2D eigenvalue weighted by Crippen LogP contribution is -2.49. The van der Waals surface area contributed by atoms with E-state index < -0.39 is 5.56 Å². The van der Waals surface area contributed by atoms with Crippen LogP contribution < -0.4 is 31.4 Å². The summed E-state index contributed by atoms with van der Waals surface area (Å²) in [6, 6.07) is 15.9. The van der Waals surface area contributed by atoms with Crippen molar-refractivity contribution in [2.24, 2.45) is 11.5 Å². The summed E-state index contributed by atoms with van der Waals surface area (Å²) >= 11 is 0. The number of pyridine rings is 1. The molecule has 1 saturated heterocycles. The van der Waals surface area contributed by atoms with Crippen molar-refractivity contribution in [1.82, 2.24) is 19.9 Å². The molecule has 5 rings (SSSR count). The van der Waals surface area contributed by atoms with Gasteiger partial charge in [-0.3, -0.25) is 9.59 Å². The van der Waals surface area contributed by atoms with Gasteiger partial charge in [-0.15, -0.1) is 0 Å². The summed E-state index contributed by atoms with van der Waals surface area (Å²) in [5, 5.41) is 0. The molecule has 0 atom stereocenters. The summed E-state index contributed by atoms with van der Waals surface area (Å²) in [4.78, 5) is 41.7. The minimum atomic E-state index is -0.506. The molecule has 0 unspecified atom stereocenters. The molecule has 1 amide bonds. The SMILES string of the molecule is COc1cc2nc(/C(N)=C(\N)c3cccc(C(=O)N4CCN(c5ccccn5)CC4)c3)c(=O)[nH]c2cc1OC. The van der Waals surface area contributed by atoms with Gasteiger partial charge >= 0.3 is 0 Å². The third-order valence-corrected chi connectivity index (χ3v) is 6.70. The number of hydrogen-bond donors (Lipinski definition) is 3. The molecule has 0 bridgehead atoms. The first-order valence-corrected chi connectivity index (χ1v) is 12.4. The molecular formula is C28H29N7O4. The van der Waals surface area contributed by atoms with Gasteiger partial charge in [-0.05, 0) is 24.3 Å². The lowest BCUT2D eigenvalue weighted by Gasteiger charge is -2.35. The molecule has 0 spiro atoms. The van der Waals surface area contributed by atoms with Crippen LogP contribution in [0.3, 0.4) is 0 Å². The standard InChI is InChI=1S/C28H29N7O4/c1-38-21-15-19-20(16-22(21)39-2)33-27(36)26(32-19)25(30)24(29)17-6-5-7-18(14-17)28(37)35-12-10-34(11-13-35)23-8-3-4-9-31-23/h3-9,14-16H,10-13,29-30H2,1-2H3,(H,33,36)/b25-24+. The summed E-state index contributed by atoms with van der Waals surface area (Å²) in [5.74, 6) is 1.71. The maximum atomic E-state index is 13.3. The summed E-state index contributed by atoms with van der Waals surface area (Å²) < 4.78 is 10.6. The summed E-state index contributed by atoms with van der Waals surface area (Å²) in [7, 11) is 3.02. The highest BCUT2D eigenvalue weighted by Gasteiger charge is 2.23. The van der Waals surface area contributed by atoms with Gasteiger partial charge in [-0.2, -0.15) is 0 Å². The Bertz CT molecular complexity index is 1610. The van der Waals surface area contributed by atoms with Gasteiger partial charge in [-0.25, -0.2) is 9.97 Å². The van der Waals surface area contributed by atoms with E-state index in [9.17, 15) is 9.59 Å². The van der Waals surface area contributed by atoms with E-state index in [1.165, 1.54) is 14.2 Å². The van der Waals surface area contributed by atoms with Crippen LogP contribution in [0.5, 0.6) is 11.5 Å². The Labute approximate surface area is 224 Å². The number of aromatic amines is 1. The molecule has 1 aliphatic heterocycles. The number of aromatic nitrogens is 3. The van der Waals surface area contributed by atoms with Crippen LogP contribution in [0.25, 0.3) is 22.4 Å². The number of benzene rings is 2. The average molecular weight is 528 g/mol. The lowest BCUT2D eigenvalue weighted by atomic mass is 10.0. The first-order chi connectivity index (χ1) is 18.9. The number of anilines is 1. The number of ether oxygens (including phenoxy) is 2. The number of nitrogens with two attached hydrogens (primary N) is 2. The van der Waals surface area contributed by atoms with Crippen LogP contribution in [-0.2, 0) is 0 Å². The van der Waals surface area contributed by atoms with E-state index in [1.54, 1.807) is 47.5 Å². The van der Waals surface area contributed by atoms with Crippen molar-refractivity contribution >= 4 is 34.2 Å². The van der Waals surface area contributed by atoms with Crippen molar-refractivity contribution in [3.8, 4) is 11.5 Å². The Morgan fingerprint density at radius 1 is 0.897 bits per heavy atom. The molecule has 0 aliphatic carbocycles. The van der Waals surface area contributed by atoms with Gasteiger partial charge in [-0.1, -0.05) is 18.2 Å². The Balaban J connectivity index is 1.39. The molecule has 2 aromatic heterocycles. The number of amides is 1. The highest BCUT2D eigenvalue weighted by Crippen LogP contribution is 2.30. The Morgan fingerprint density at radius 3 is 2.31 bits per heavy atom. The third kappa shape index (κ3) is 5.06. The largest absolute Gasteiger partial charge is 0.493 e. The average Bonchev–Trinajstić information content (AvgIpc) is 2.99. The fraction of sp³-hybridized carbons (Fsp3) is 0.214. The highest BCUT2D eigenvalue weighted by atomic mass is 16.5. The van der Waals surface area contributed by atoms with Gasteiger partial charge in [0.1, 0.15) is 5.82 Å². The number of rotatable bonds is 6. The van der Waals surface area contributed by atoms with E-state index in [0.717, 1.165) is 5.82 Å². The maximum Gasteiger partial charge on any atom is 0.276 e. The van der Waals surface area contributed by atoms with Gasteiger partial charge < -0.3 is 35.7 Å². The number of H-pyrrole nitrogens is 1. The van der Waals surface area contributed by atoms with E-state index in [4.69, 9.17) is 20.9 Å². The van der Waals surface area contributed by atoms with Gasteiger partial charge in [0, 0.05) is 55.6 Å². The Morgan fingerprint density at radius 2 is 1.62 bits per heavy atom. The maximum absolute atomic E-state index is 13.3. The molecule has 11 nitrogen and oxygen atoms in total. The Kier molecular flexibility index (Phi) is 7.04. The normalized spacial score (nSPS) is 14.2. The zero-order valence-electron chi connectivity index (χ0n) is 21.7. The molecular weight excluding hydrogens is 498 g/mol. The zero-order chi connectivity index (χ0) is 27.5. The molecule has 2 aromatic carbocycles. The van der Waals surface area contributed by atoms with Crippen LogP contribution in [0.15, 0.2) is 65.6 Å². The van der Waals surface area contributed by atoms with Crippen molar-refractivity contribution in [3.63, 3.8) is 0 Å². The van der Waals surface area contributed by atoms with Crippen LogP contribution >= 0.6 is 0 Å². The first-order valence-electron chi connectivity index (χ1n) is 12.4. The van der Waals surface area contributed by atoms with Crippen LogP contribution in [0.2, 0.25) is 0 Å². The fourth-order valence-electron chi connectivity index (χ4n) is 4.56. The van der Waals surface area contributed by atoms with Crippen molar-refractivity contribution in [3.05, 3.63) is 88.0 Å². The minimum Gasteiger partial charge on any atom is -0.493 e. The summed E-state index contributed by atoms with van der Waals surface area (Å²) in [6.45, 7) is 2.50. The molecule has 0 saturated carbocycles. The lowest BCUT2D eigenvalue weighted by molar-refractivity contribution is 0.0746.